The van der Waals surface area contributed by atoms with Crippen LogP contribution in [0, 0.1) is 0 Å². The minimum absolute atomic E-state index is 0.865. The molecule has 1 saturated heterocycles. The largest absolute Gasteiger partial charge is 0.382 e. The Hall–Kier alpha value is -1.30. The van der Waals surface area contributed by atoms with E-state index in [0.29, 0.717) is 0 Å². The molecule has 4 rings (SSSR count). The second-order valence-corrected chi connectivity index (χ2v) is 7.12. The summed E-state index contributed by atoms with van der Waals surface area (Å²) in [6, 6.07) is 6.48. The molecule has 1 aromatic carbocycles. The van der Waals surface area contributed by atoms with E-state index in [4.69, 9.17) is 4.74 Å². The van der Waals surface area contributed by atoms with Gasteiger partial charge in [-0.3, -0.25) is 4.90 Å². The summed E-state index contributed by atoms with van der Waals surface area (Å²) >= 11 is 3.59. The molecule has 122 valence electrons. The summed E-state index contributed by atoms with van der Waals surface area (Å²) in [5, 5.41) is 4.98. The molecular weight excluding hydrogens is 354 g/mol. The maximum atomic E-state index is 5.40. The van der Waals surface area contributed by atoms with Gasteiger partial charge in [-0.1, -0.05) is 22.0 Å². The molecule has 2 N–H and O–H groups in total. The molecule has 1 aliphatic heterocycles. The summed E-state index contributed by atoms with van der Waals surface area (Å²) in [7, 11) is 0. The Bertz CT molecular complexity index is 731. The SMILES string of the molecule is Brc1ccc2[nH]c3c(c2c1)CCC=C3NCCN1CCOCC1. The normalized spacial score (nSPS) is 18.7. The molecule has 5 heteroatoms. The third-order valence-corrected chi connectivity index (χ3v) is 5.22. The molecule has 0 atom stereocenters. The molecule has 1 aliphatic carbocycles. The average molecular weight is 376 g/mol. The summed E-state index contributed by atoms with van der Waals surface area (Å²) in [6.07, 6.45) is 4.54. The number of ether oxygens (including phenoxy) is 1. The van der Waals surface area contributed by atoms with E-state index in [1.807, 2.05) is 0 Å². The molecule has 0 amide bonds. The van der Waals surface area contributed by atoms with Crippen molar-refractivity contribution in [2.24, 2.45) is 0 Å². The van der Waals surface area contributed by atoms with Gasteiger partial charge in [0.05, 0.1) is 24.6 Å². The number of nitrogens with one attached hydrogen (secondary N) is 2. The molecular formula is C18H22BrN3O. The highest BCUT2D eigenvalue weighted by Gasteiger charge is 2.18. The van der Waals surface area contributed by atoms with Crippen LogP contribution in [0.25, 0.3) is 16.6 Å². The van der Waals surface area contributed by atoms with Gasteiger partial charge in [0.25, 0.3) is 0 Å². The fraction of sp³-hybridized carbons (Fsp3) is 0.444. The number of hydrogen-bond acceptors (Lipinski definition) is 3. The van der Waals surface area contributed by atoms with E-state index in [2.05, 4.69) is 55.4 Å². The van der Waals surface area contributed by atoms with Crippen LogP contribution in [-0.2, 0) is 11.2 Å². The monoisotopic (exact) mass is 375 g/mol. The van der Waals surface area contributed by atoms with Crippen LogP contribution in [0.4, 0.5) is 0 Å². The number of aryl methyl sites for hydroxylation is 1. The molecule has 0 unspecified atom stereocenters. The standard InChI is InChI=1S/C18H22BrN3O/c19-13-4-5-16-15(12-13)14-2-1-3-17(18(14)21-16)20-6-7-22-8-10-23-11-9-22/h3-5,12,20-21H,1-2,6-11H2. The number of aromatic amines is 1. The lowest BCUT2D eigenvalue weighted by atomic mass is 9.98. The van der Waals surface area contributed by atoms with Crippen LogP contribution in [0.15, 0.2) is 28.7 Å². The summed E-state index contributed by atoms with van der Waals surface area (Å²) in [4.78, 5) is 6.06. The smallest absolute Gasteiger partial charge is 0.0656 e. The van der Waals surface area contributed by atoms with E-state index >= 15 is 0 Å². The predicted octanol–water partition coefficient (Wildman–Crippen LogP) is 3.14. The first-order valence-corrected chi connectivity index (χ1v) is 9.15. The zero-order valence-corrected chi connectivity index (χ0v) is 14.8. The van der Waals surface area contributed by atoms with E-state index in [1.165, 1.54) is 27.9 Å². The molecule has 0 bridgehead atoms. The number of morpholine rings is 1. The Balaban J connectivity index is 1.48. The number of aromatic nitrogens is 1. The number of benzene rings is 1. The van der Waals surface area contributed by atoms with Crippen LogP contribution in [0.2, 0.25) is 0 Å². The molecule has 1 aromatic heterocycles. The molecule has 0 spiro atoms. The third-order valence-electron chi connectivity index (χ3n) is 4.73. The van der Waals surface area contributed by atoms with Crippen LogP contribution >= 0.6 is 15.9 Å². The summed E-state index contributed by atoms with van der Waals surface area (Å²) < 4.78 is 6.55. The van der Waals surface area contributed by atoms with Crippen LogP contribution < -0.4 is 5.32 Å². The van der Waals surface area contributed by atoms with Gasteiger partial charge in [0.1, 0.15) is 0 Å². The van der Waals surface area contributed by atoms with E-state index in [-0.39, 0.29) is 0 Å². The van der Waals surface area contributed by atoms with Crippen molar-refractivity contribution in [1.29, 1.82) is 0 Å². The lowest BCUT2D eigenvalue weighted by molar-refractivity contribution is 0.0388. The van der Waals surface area contributed by atoms with Gasteiger partial charge in [0.2, 0.25) is 0 Å². The Labute approximate surface area is 145 Å². The fourth-order valence-electron chi connectivity index (χ4n) is 3.51. The van der Waals surface area contributed by atoms with E-state index in [9.17, 15) is 0 Å². The van der Waals surface area contributed by atoms with Crippen molar-refractivity contribution in [3.8, 4) is 0 Å². The van der Waals surface area contributed by atoms with Gasteiger partial charge in [-0.05, 0) is 36.6 Å². The fourth-order valence-corrected chi connectivity index (χ4v) is 3.87. The highest BCUT2D eigenvalue weighted by Crippen LogP contribution is 2.32. The molecule has 4 nitrogen and oxygen atoms in total. The average Bonchev–Trinajstić information content (AvgIpc) is 2.95. The Morgan fingerprint density at radius 1 is 1.26 bits per heavy atom. The predicted molar refractivity (Wildman–Crippen MR) is 97.6 cm³/mol. The molecule has 2 aromatic rings. The van der Waals surface area contributed by atoms with Gasteiger partial charge in [0, 0.05) is 41.6 Å². The van der Waals surface area contributed by atoms with Crippen molar-refractivity contribution in [3.05, 3.63) is 40.0 Å². The van der Waals surface area contributed by atoms with E-state index in [0.717, 1.165) is 56.7 Å². The Morgan fingerprint density at radius 2 is 2.13 bits per heavy atom. The number of fused-ring (bicyclic) bond motifs is 3. The Morgan fingerprint density at radius 3 is 3.00 bits per heavy atom. The third kappa shape index (κ3) is 3.18. The second kappa shape index (κ2) is 6.67. The van der Waals surface area contributed by atoms with Crippen LogP contribution in [0.1, 0.15) is 17.7 Å². The van der Waals surface area contributed by atoms with Crippen LogP contribution in [0.3, 0.4) is 0 Å². The maximum Gasteiger partial charge on any atom is 0.0656 e. The van der Waals surface area contributed by atoms with Crippen molar-refractivity contribution in [1.82, 2.24) is 15.2 Å². The van der Waals surface area contributed by atoms with E-state index in [1.54, 1.807) is 0 Å². The quantitative estimate of drug-likeness (QED) is 0.862. The number of halogens is 1. The first kappa shape index (κ1) is 15.2. The minimum atomic E-state index is 0.865. The van der Waals surface area contributed by atoms with Crippen LogP contribution in [0.5, 0.6) is 0 Å². The van der Waals surface area contributed by atoms with Crippen LogP contribution in [-0.4, -0.2) is 49.3 Å². The number of H-pyrrole nitrogens is 1. The van der Waals surface area contributed by atoms with Gasteiger partial charge in [-0.2, -0.15) is 0 Å². The molecule has 1 fully saturated rings. The minimum Gasteiger partial charge on any atom is -0.382 e. The van der Waals surface area contributed by atoms with Gasteiger partial charge < -0.3 is 15.0 Å². The second-order valence-electron chi connectivity index (χ2n) is 6.21. The highest BCUT2D eigenvalue weighted by molar-refractivity contribution is 9.10. The van der Waals surface area contributed by atoms with Gasteiger partial charge in [0.15, 0.2) is 0 Å². The van der Waals surface area contributed by atoms with Gasteiger partial charge in [-0.25, -0.2) is 0 Å². The Kier molecular flexibility index (Phi) is 4.42. The number of allylic oxidation sites excluding steroid dienone is 1. The molecule has 23 heavy (non-hydrogen) atoms. The van der Waals surface area contributed by atoms with E-state index < -0.39 is 0 Å². The molecule has 0 radical (unpaired) electrons. The van der Waals surface area contributed by atoms with Crippen molar-refractivity contribution >= 4 is 32.5 Å². The van der Waals surface area contributed by atoms with Crippen molar-refractivity contribution in [2.75, 3.05) is 39.4 Å². The highest BCUT2D eigenvalue weighted by atomic mass is 79.9. The molecule has 2 aliphatic rings. The number of rotatable bonds is 4. The zero-order valence-electron chi connectivity index (χ0n) is 13.2. The zero-order chi connectivity index (χ0) is 15.6. The first-order chi connectivity index (χ1) is 11.3. The first-order valence-electron chi connectivity index (χ1n) is 8.36. The summed E-state index contributed by atoms with van der Waals surface area (Å²) in [5.41, 5.74) is 5.19. The van der Waals surface area contributed by atoms with Gasteiger partial charge >= 0.3 is 0 Å². The van der Waals surface area contributed by atoms with Crippen molar-refractivity contribution < 1.29 is 4.74 Å². The van der Waals surface area contributed by atoms with Crippen molar-refractivity contribution in [3.63, 3.8) is 0 Å². The maximum absolute atomic E-state index is 5.40. The summed E-state index contributed by atoms with van der Waals surface area (Å²) in [5.74, 6) is 0. The summed E-state index contributed by atoms with van der Waals surface area (Å²) in [6.45, 7) is 5.87. The topological polar surface area (TPSA) is 40.3 Å². The molecule has 0 saturated carbocycles. The lowest BCUT2D eigenvalue weighted by Gasteiger charge is -2.27. The number of nitrogens with zero attached hydrogens (tertiary/aromatic N) is 1. The lowest BCUT2D eigenvalue weighted by Crippen LogP contribution is -2.40. The van der Waals surface area contributed by atoms with Gasteiger partial charge in [-0.15, -0.1) is 0 Å². The van der Waals surface area contributed by atoms with Crippen molar-refractivity contribution in [2.45, 2.75) is 12.8 Å². The molecule has 2 heterocycles. The number of hydrogen-bond donors (Lipinski definition) is 2.